The Morgan fingerprint density at radius 1 is 0.895 bits per heavy atom. The maximum Gasteiger partial charge on any atom is 0.365 e. The molecule has 3 rings (SSSR count). The minimum absolute atomic E-state index is 0.379. The molecule has 3 aromatic rings. The molecule has 0 amide bonds. The molecular weight excluding hydrogens is 262 g/mol. The number of hydrogen-bond acceptors (Lipinski definition) is 2. The van der Waals surface area contributed by atoms with Gasteiger partial charge >= 0.3 is 5.63 Å². The van der Waals surface area contributed by atoms with Crippen molar-refractivity contribution in [3.8, 4) is 22.4 Å². The molecule has 1 N–H and O–H groups in total. The van der Waals surface area contributed by atoms with Crippen molar-refractivity contribution < 1.29 is 4.52 Å². The summed E-state index contributed by atoms with van der Waals surface area (Å²) < 4.78 is 4.92. The van der Waals surface area contributed by atoms with Crippen LogP contribution in [0.2, 0.25) is 5.02 Å². The highest BCUT2D eigenvalue weighted by atomic mass is 35.5. The van der Waals surface area contributed by atoms with E-state index in [1.807, 2.05) is 42.5 Å². The van der Waals surface area contributed by atoms with Crippen molar-refractivity contribution in [3.63, 3.8) is 0 Å². The second kappa shape index (κ2) is 4.78. The van der Waals surface area contributed by atoms with E-state index in [9.17, 15) is 4.79 Å². The van der Waals surface area contributed by atoms with E-state index < -0.39 is 0 Å². The van der Waals surface area contributed by atoms with Crippen LogP contribution in [0.5, 0.6) is 0 Å². The third kappa shape index (κ3) is 2.20. The maximum atomic E-state index is 11.9. The SMILES string of the molecule is O=c1o[nH]c(-c2ccc(Cl)cc2)c1-c1ccccc1. The molecule has 2 aromatic carbocycles. The molecule has 0 bridgehead atoms. The van der Waals surface area contributed by atoms with Crippen molar-refractivity contribution in [3.05, 3.63) is 70.0 Å². The maximum absolute atomic E-state index is 11.9. The first-order valence-corrected chi connectivity index (χ1v) is 6.16. The van der Waals surface area contributed by atoms with Crippen LogP contribution in [0.15, 0.2) is 63.9 Å². The second-order valence-corrected chi connectivity index (χ2v) is 4.55. The lowest BCUT2D eigenvalue weighted by atomic mass is 10.0. The fraction of sp³-hybridized carbons (Fsp3) is 0. The van der Waals surface area contributed by atoms with Gasteiger partial charge in [-0.3, -0.25) is 0 Å². The van der Waals surface area contributed by atoms with Crippen molar-refractivity contribution in [1.29, 1.82) is 0 Å². The van der Waals surface area contributed by atoms with Crippen LogP contribution in [0.4, 0.5) is 0 Å². The van der Waals surface area contributed by atoms with E-state index in [0.29, 0.717) is 16.3 Å². The van der Waals surface area contributed by atoms with Crippen LogP contribution in [0.1, 0.15) is 0 Å². The van der Waals surface area contributed by atoms with Crippen LogP contribution < -0.4 is 5.63 Å². The molecule has 94 valence electrons. The summed E-state index contributed by atoms with van der Waals surface area (Å²) in [5, 5.41) is 3.33. The fourth-order valence-corrected chi connectivity index (χ4v) is 2.11. The Balaban J connectivity index is 2.19. The van der Waals surface area contributed by atoms with E-state index in [2.05, 4.69) is 5.16 Å². The van der Waals surface area contributed by atoms with E-state index in [1.165, 1.54) is 0 Å². The van der Waals surface area contributed by atoms with Gasteiger partial charge in [-0.15, -0.1) is 0 Å². The van der Waals surface area contributed by atoms with Crippen LogP contribution in [-0.4, -0.2) is 5.16 Å². The van der Waals surface area contributed by atoms with Gasteiger partial charge in [0, 0.05) is 10.6 Å². The van der Waals surface area contributed by atoms with E-state index in [4.69, 9.17) is 16.1 Å². The Labute approximate surface area is 114 Å². The molecule has 0 aliphatic heterocycles. The van der Waals surface area contributed by atoms with Gasteiger partial charge in [-0.25, -0.2) is 9.95 Å². The van der Waals surface area contributed by atoms with E-state index in [-0.39, 0.29) is 5.63 Å². The number of nitrogens with one attached hydrogen (secondary N) is 1. The molecule has 0 aliphatic rings. The molecule has 4 heteroatoms. The number of H-pyrrole nitrogens is 1. The molecule has 0 spiro atoms. The van der Waals surface area contributed by atoms with Crippen molar-refractivity contribution >= 4 is 11.6 Å². The van der Waals surface area contributed by atoms with Crippen molar-refractivity contribution in [2.45, 2.75) is 0 Å². The number of rotatable bonds is 2. The van der Waals surface area contributed by atoms with Crippen molar-refractivity contribution in [2.75, 3.05) is 0 Å². The van der Waals surface area contributed by atoms with Crippen LogP contribution >= 0.6 is 11.6 Å². The van der Waals surface area contributed by atoms with Gasteiger partial charge < -0.3 is 4.52 Å². The highest BCUT2D eigenvalue weighted by molar-refractivity contribution is 6.30. The van der Waals surface area contributed by atoms with Gasteiger partial charge in [0.1, 0.15) is 0 Å². The Bertz CT molecular complexity index is 742. The van der Waals surface area contributed by atoms with Crippen molar-refractivity contribution in [2.24, 2.45) is 0 Å². The topological polar surface area (TPSA) is 46.0 Å². The second-order valence-electron chi connectivity index (χ2n) is 4.11. The summed E-state index contributed by atoms with van der Waals surface area (Å²) in [6.45, 7) is 0. The van der Waals surface area contributed by atoms with E-state index in [0.717, 1.165) is 11.1 Å². The van der Waals surface area contributed by atoms with E-state index >= 15 is 0 Å². The summed E-state index contributed by atoms with van der Waals surface area (Å²) >= 11 is 5.87. The summed E-state index contributed by atoms with van der Waals surface area (Å²) in [7, 11) is 0. The summed E-state index contributed by atoms with van der Waals surface area (Å²) in [5.41, 5.74) is 2.49. The molecule has 1 aromatic heterocycles. The molecule has 0 atom stereocenters. The number of aromatic amines is 1. The zero-order valence-electron chi connectivity index (χ0n) is 9.89. The summed E-state index contributed by atoms with van der Waals surface area (Å²) in [4.78, 5) is 11.9. The highest BCUT2D eigenvalue weighted by Crippen LogP contribution is 2.28. The van der Waals surface area contributed by atoms with Crippen LogP contribution in [-0.2, 0) is 0 Å². The first-order chi connectivity index (χ1) is 9.25. The number of aromatic nitrogens is 1. The molecule has 0 saturated heterocycles. The average Bonchev–Trinajstić information content (AvgIpc) is 2.82. The minimum atomic E-state index is -0.379. The molecule has 0 saturated carbocycles. The van der Waals surface area contributed by atoms with Gasteiger partial charge in [0.15, 0.2) is 0 Å². The minimum Gasteiger partial charge on any atom is -0.338 e. The highest BCUT2D eigenvalue weighted by Gasteiger charge is 2.15. The summed E-state index contributed by atoms with van der Waals surface area (Å²) in [6, 6.07) is 16.7. The van der Waals surface area contributed by atoms with Crippen LogP contribution in [0, 0.1) is 0 Å². The molecule has 19 heavy (non-hydrogen) atoms. The lowest BCUT2D eigenvalue weighted by Gasteiger charge is -2.01. The first kappa shape index (κ1) is 11.8. The average molecular weight is 272 g/mol. The normalized spacial score (nSPS) is 10.6. The molecule has 0 radical (unpaired) electrons. The van der Waals surface area contributed by atoms with Gasteiger partial charge in [0.25, 0.3) is 0 Å². The third-order valence-corrected chi connectivity index (χ3v) is 3.15. The quantitative estimate of drug-likeness (QED) is 0.767. The van der Waals surface area contributed by atoms with Gasteiger partial charge in [0.2, 0.25) is 0 Å². The monoisotopic (exact) mass is 271 g/mol. The lowest BCUT2D eigenvalue weighted by molar-refractivity contribution is 0.394. The molecule has 1 heterocycles. The zero-order valence-corrected chi connectivity index (χ0v) is 10.6. The zero-order chi connectivity index (χ0) is 13.2. The van der Waals surface area contributed by atoms with Gasteiger partial charge in [-0.1, -0.05) is 54.1 Å². The Morgan fingerprint density at radius 3 is 2.26 bits per heavy atom. The number of halogens is 1. The van der Waals surface area contributed by atoms with Crippen molar-refractivity contribution in [1.82, 2.24) is 5.16 Å². The molecule has 0 unspecified atom stereocenters. The lowest BCUT2D eigenvalue weighted by Crippen LogP contribution is -1.97. The predicted molar refractivity (Wildman–Crippen MR) is 75.2 cm³/mol. The third-order valence-electron chi connectivity index (χ3n) is 2.90. The van der Waals surface area contributed by atoms with Gasteiger partial charge in [-0.05, 0) is 17.7 Å². The number of hydrogen-bond donors (Lipinski definition) is 1. The molecule has 0 fully saturated rings. The van der Waals surface area contributed by atoms with Crippen LogP contribution in [0.3, 0.4) is 0 Å². The first-order valence-electron chi connectivity index (χ1n) is 5.78. The molecule has 0 aliphatic carbocycles. The van der Waals surface area contributed by atoms with Crippen LogP contribution in [0.25, 0.3) is 22.4 Å². The smallest absolute Gasteiger partial charge is 0.338 e. The Hall–Kier alpha value is -2.26. The Morgan fingerprint density at radius 2 is 1.58 bits per heavy atom. The standard InChI is InChI=1S/C15H10ClNO2/c16-12-8-6-11(7-9-12)14-13(15(18)19-17-14)10-4-2-1-3-5-10/h1-9,17H. The summed E-state index contributed by atoms with van der Waals surface area (Å²) in [6.07, 6.45) is 0. The van der Waals surface area contributed by atoms with Gasteiger partial charge in [0.05, 0.1) is 11.3 Å². The fourth-order valence-electron chi connectivity index (χ4n) is 1.99. The van der Waals surface area contributed by atoms with E-state index in [1.54, 1.807) is 12.1 Å². The largest absolute Gasteiger partial charge is 0.365 e. The predicted octanol–water partition coefficient (Wildman–Crippen LogP) is 3.96. The summed E-state index contributed by atoms with van der Waals surface area (Å²) in [5.74, 6) is 0. The molecule has 3 nitrogen and oxygen atoms in total. The number of benzene rings is 2. The Kier molecular flexibility index (Phi) is 2.97. The van der Waals surface area contributed by atoms with Gasteiger partial charge in [-0.2, -0.15) is 0 Å². The molecular formula is C15H10ClNO2.